The summed E-state index contributed by atoms with van der Waals surface area (Å²) < 4.78 is 18.2. The summed E-state index contributed by atoms with van der Waals surface area (Å²) in [7, 11) is 0. The van der Waals surface area contributed by atoms with Gasteiger partial charge in [0.15, 0.2) is 6.61 Å². The van der Waals surface area contributed by atoms with Crippen LogP contribution in [0.3, 0.4) is 0 Å². The third-order valence-corrected chi connectivity index (χ3v) is 3.35. The summed E-state index contributed by atoms with van der Waals surface area (Å²) >= 11 is 5.81. The number of H-pyrrole nitrogens is 2. The lowest BCUT2D eigenvalue weighted by Gasteiger charge is -2.09. The second-order valence-electron chi connectivity index (χ2n) is 4.75. The first-order valence-electron chi connectivity index (χ1n) is 6.61. The number of imidazole rings is 1. The Morgan fingerprint density at radius 3 is 2.74 bits per heavy atom. The van der Waals surface area contributed by atoms with Crippen LogP contribution in [-0.4, -0.2) is 22.5 Å². The van der Waals surface area contributed by atoms with E-state index in [1.807, 2.05) is 0 Å². The lowest BCUT2D eigenvalue weighted by molar-refractivity contribution is -0.118. The highest BCUT2D eigenvalue weighted by Gasteiger charge is 2.08. The normalized spacial score (nSPS) is 10.7. The quantitative estimate of drug-likeness (QED) is 0.685. The molecule has 3 N–H and O–H groups in total. The minimum atomic E-state index is -0.486. The number of ether oxygens (including phenoxy) is 1. The number of aromatic amines is 2. The topological polar surface area (TPSA) is 87.0 Å². The summed E-state index contributed by atoms with van der Waals surface area (Å²) in [5, 5.41) is 2.71. The lowest BCUT2D eigenvalue weighted by atomic mass is 10.3. The zero-order chi connectivity index (χ0) is 16.4. The maximum absolute atomic E-state index is 12.9. The molecule has 0 unspecified atom stereocenters. The second kappa shape index (κ2) is 6.13. The number of rotatable bonds is 4. The maximum Gasteiger partial charge on any atom is 0.323 e. The van der Waals surface area contributed by atoms with Crippen LogP contribution in [0.2, 0.25) is 5.02 Å². The molecule has 0 radical (unpaired) electrons. The highest BCUT2D eigenvalue weighted by Crippen LogP contribution is 2.24. The Bertz CT molecular complexity index is 935. The molecule has 8 heteroatoms. The molecule has 118 valence electrons. The molecule has 0 aliphatic carbocycles. The average molecular weight is 336 g/mol. The van der Waals surface area contributed by atoms with E-state index in [1.165, 1.54) is 12.1 Å². The number of benzene rings is 2. The van der Waals surface area contributed by atoms with E-state index in [0.717, 1.165) is 6.07 Å². The van der Waals surface area contributed by atoms with E-state index in [9.17, 15) is 14.0 Å². The highest BCUT2D eigenvalue weighted by molar-refractivity contribution is 6.32. The number of carbonyl (C=O) groups is 1. The molecule has 2 aromatic carbocycles. The van der Waals surface area contributed by atoms with E-state index in [-0.39, 0.29) is 23.1 Å². The van der Waals surface area contributed by atoms with Crippen molar-refractivity contribution >= 4 is 34.2 Å². The SMILES string of the molecule is O=C(COc1ccc(F)cc1Cl)Nc1ccc2[nH]c(=O)[nH]c2c1. The molecular weight excluding hydrogens is 325 g/mol. The first kappa shape index (κ1) is 15.1. The summed E-state index contributed by atoms with van der Waals surface area (Å²) in [5.41, 5.74) is 1.40. The minimum absolute atomic E-state index is 0.0871. The largest absolute Gasteiger partial charge is 0.482 e. The number of halogens is 2. The average Bonchev–Trinajstić information content (AvgIpc) is 2.85. The molecule has 0 atom stereocenters. The molecule has 3 rings (SSSR count). The Morgan fingerprint density at radius 2 is 1.96 bits per heavy atom. The fraction of sp³-hybridized carbons (Fsp3) is 0.0667. The smallest absolute Gasteiger partial charge is 0.323 e. The number of fused-ring (bicyclic) bond motifs is 1. The van der Waals surface area contributed by atoms with Gasteiger partial charge < -0.3 is 20.0 Å². The minimum Gasteiger partial charge on any atom is -0.482 e. The van der Waals surface area contributed by atoms with E-state index in [4.69, 9.17) is 16.3 Å². The zero-order valence-corrected chi connectivity index (χ0v) is 12.4. The maximum atomic E-state index is 12.9. The van der Waals surface area contributed by atoms with Crippen LogP contribution < -0.4 is 15.7 Å². The summed E-state index contributed by atoms with van der Waals surface area (Å²) in [6.07, 6.45) is 0. The van der Waals surface area contributed by atoms with Crippen molar-refractivity contribution in [1.29, 1.82) is 0 Å². The number of amides is 1. The second-order valence-corrected chi connectivity index (χ2v) is 5.16. The van der Waals surface area contributed by atoms with Gasteiger partial charge in [0, 0.05) is 5.69 Å². The van der Waals surface area contributed by atoms with E-state index < -0.39 is 11.7 Å². The summed E-state index contributed by atoms with van der Waals surface area (Å²) in [5.74, 6) is -0.683. The Hall–Kier alpha value is -2.80. The van der Waals surface area contributed by atoms with Crippen LogP contribution in [0.1, 0.15) is 0 Å². The molecular formula is C15H11ClFN3O3. The van der Waals surface area contributed by atoms with Crippen molar-refractivity contribution in [1.82, 2.24) is 9.97 Å². The van der Waals surface area contributed by atoms with Gasteiger partial charge >= 0.3 is 5.69 Å². The summed E-state index contributed by atoms with van der Waals surface area (Å²) in [6.45, 7) is -0.285. The van der Waals surface area contributed by atoms with E-state index in [2.05, 4.69) is 15.3 Å². The van der Waals surface area contributed by atoms with Crippen molar-refractivity contribution in [3.8, 4) is 5.75 Å². The zero-order valence-electron chi connectivity index (χ0n) is 11.7. The number of carbonyl (C=O) groups excluding carboxylic acids is 1. The molecule has 1 amide bonds. The molecule has 0 spiro atoms. The number of aromatic nitrogens is 2. The van der Waals surface area contributed by atoms with Crippen molar-refractivity contribution in [2.24, 2.45) is 0 Å². The molecule has 0 aliphatic heterocycles. The first-order valence-corrected chi connectivity index (χ1v) is 6.99. The first-order chi connectivity index (χ1) is 11.0. The molecule has 3 aromatic rings. The van der Waals surface area contributed by atoms with E-state index in [0.29, 0.717) is 16.7 Å². The van der Waals surface area contributed by atoms with Crippen LogP contribution in [0, 0.1) is 5.82 Å². The molecule has 6 nitrogen and oxygen atoms in total. The van der Waals surface area contributed by atoms with Crippen LogP contribution >= 0.6 is 11.6 Å². The number of hydrogen-bond donors (Lipinski definition) is 3. The fourth-order valence-electron chi connectivity index (χ4n) is 2.04. The predicted octanol–water partition coefficient (Wildman–Crippen LogP) is 2.67. The van der Waals surface area contributed by atoms with Crippen LogP contribution in [0.4, 0.5) is 10.1 Å². The molecule has 23 heavy (non-hydrogen) atoms. The van der Waals surface area contributed by atoms with Crippen LogP contribution in [-0.2, 0) is 4.79 Å². The van der Waals surface area contributed by atoms with E-state index in [1.54, 1.807) is 18.2 Å². The van der Waals surface area contributed by atoms with Gasteiger partial charge in [0.1, 0.15) is 11.6 Å². The molecule has 0 aliphatic rings. The van der Waals surface area contributed by atoms with Gasteiger partial charge in [0.05, 0.1) is 16.1 Å². The third kappa shape index (κ3) is 3.51. The van der Waals surface area contributed by atoms with Crippen molar-refractivity contribution in [2.45, 2.75) is 0 Å². The van der Waals surface area contributed by atoms with E-state index >= 15 is 0 Å². The van der Waals surface area contributed by atoms with Gasteiger partial charge in [0.2, 0.25) is 0 Å². The van der Waals surface area contributed by atoms with Crippen molar-refractivity contribution < 1.29 is 13.9 Å². The van der Waals surface area contributed by atoms with Gasteiger partial charge in [-0.25, -0.2) is 9.18 Å². The molecule has 0 saturated carbocycles. The standard InChI is InChI=1S/C15H11ClFN3O3/c16-10-5-8(17)1-4-13(10)23-7-14(21)18-9-2-3-11-12(6-9)20-15(22)19-11/h1-6H,7H2,(H,18,21)(H2,19,20,22). The Balaban J connectivity index is 1.64. The van der Waals surface area contributed by atoms with Gasteiger partial charge in [-0.2, -0.15) is 0 Å². The van der Waals surface area contributed by atoms with Crippen molar-refractivity contribution in [2.75, 3.05) is 11.9 Å². The van der Waals surface area contributed by atoms with Gasteiger partial charge in [-0.1, -0.05) is 11.6 Å². The monoisotopic (exact) mass is 335 g/mol. The number of hydrogen-bond acceptors (Lipinski definition) is 3. The Morgan fingerprint density at radius 1 is 1.17 bits per heavy atom. The van der Waals surface area contributed by atoms with Crippen molar-refractivity contribution in [3.63, 3.8) is 0 Å². The molecule has 0 bridgehead atoms. The Kier molecular flexibility index (Phi) is 4.03. The third-order valence-electron chi connectivity index (χ3n) is 3.05. The number of anilines is 1. The molecule has 0 fully saturated rings. The van der Waals surface area contributed by atoms with Crippen molar-refractivity contribution in [3.05, 3.63) is 57.7 Å². The molecule has 1 aromatic heterocycles. The van der Waals surface area contributed by atoms with Gasteiger partial charge in [-0.3, -0.25) is 4.79 Å². The predicted molar refractivity (Wildman–Crippen MR) is 84.5 cm³/mol. The Labute approximate surface area is 134 Å². The van der Waals surface area contributed by atoms with Gasteiger partial charge in [-0.15, -0.1) is 0 Å². The summed E-state index contributed by atoms with van der Waals surface area (Å²) in [4.78, 5) is 28.3. The van der Waals surface area contributed by atoms with Crippen LogP contribution in [0.5, 0.6) is 5.75 Å². The molecule has 0 saturated heterocycles. The highest BCUT2D eigenvalue weighted by atomic mass is 35.5. The lowest BCUT2D eigenvalue weighted by Crippen LogP contribution is -2.20. The van der Waals surface area contributed by atoms with Gasteiger partial charge in [0.25, 0.3) is 5.91 Å². The van der Waals surface area contributed by atoms with Crippen LogP contribution in [0.25, 0.3) is 11.0 Å². The summed E-state index contributed by atoms with van der Waals surface area (Å²) in [6, 6.07) is 8.58. The van der Waals surface area contributed by atoms with Gasteiger partial charge in [-0.05, 0) is 36.4 Å². The number of nitrogens with one attached hydrogen (secondary N) is 3. The van der Waals surface area contributed by atoms with Crippen LogP contribution in [0.15, 0.2) is 41.2 Å². The molecule has 1 heterocycles. The fourth-order valence-corrected chi connectivity index (χ4v) is 2.26.